The van der Waals surface area contributed by atoms with E-state index >= 15 is 0 Å². The molecule has 0 aliphatic carbocycles. The molecule has 2 heterocycles. The molecule has 0 amide bonds. The number of halogens is 2. The van der Waals surface area contributed by atoms with E-state index in [9.17, 15) is 9.50 Å². The Balaban J connectivity index is 2.25. The van der Waals surface area contributed by atoms with Crippen LogP contribution in [0.15, 0.2) is 30.6 Å². The molecule has 2 aromatic heterocycles. The Morgan fingerprint density at radius 2 is 1.91 bits per heavy atom. The first-order chi connectivity index (χ1) is 10.8. The molecule has 0 fully saturated rings. The number of rotatable bonds is 2. The van der Waals surface area contributed by atoms with E-state index in [1.54, 1.807) is 26.0 Å². The van der Waals surface area contributed by atoms with Gasteiger partial charge in [0.2, 0.25) is 5.95 Å². The molecule has 5 nitrogen and oxygen atoms in total. The van der Waals surface area contributed by atoms with Crippen LogP contribution in [0.4, 0.5) is 10.3 Å². The number of nitrogens with two attached hydrogens (primary N) is 1. The van der Waals surface area contributed by atoms with E-state index in [4.69, 9.17) is 17.3 Å². The van der Waals surface area contributed by atoms with Crippen LogP contribution in [0.5, 0.6) is 0 Å². The Hall–Kier alpha value is -2.31. The van der Waals surface area contributed by atoms with Crippen molar-refractivity contribution in [3.63, 3.8) is 0 Å². The molecule has 118 valence electrons. The molecule has 0 atom stereocenters. The molecule has 1 aromatic carbocycles. The van der Waals surface area contributed by atoms with Gasteiger partial charge in [-0.25, -0.2) is 14.4 Å². The maximum Gasteiger partial charge on any atom is 0.220 e. The summed E-state index contributed by atoms with van der Waals surface area (Å²) in [5, 5.41) is 10.9. The Labute approximate surface area is 137 Å². The summed E-state index contributed by atoms with van der Waals surface area (Å²) in [6.07, 6.45) is 2.83. The van der Waals surface area contributed by atoms with Crippen molar-refractivity contribution in [1.82, 2.24) is 15.0 Å². The number of benzene rings is 1. The topological polar surface area (TPSA) is 84.9 Å². The van der Waals surface area contributed by atoms with E-state index in [1.807, 2.05) is 0 Å². The van der Waals surface area contributed by atoms with Crippen LogP contribution < -0.4 is 5.73 Å². The highest BCUT2D eigenvalue weighted by molar-refractivity contribution is 6.33. The van der Waals surface area contributed by atoms with Crippen molar-refractivity contribution in [2.75, 3.05) is 5.73 Å². The molecule has 0 radical (unpaired) electrons. The molecule has 0 unspecified atom stereocenters. The van der Waals surface area contributed by atoms with Crippen molar-refractivity contribution in [2.24, 2.45) is 0 Å². The minimum atomic E-state index is -1.08. The van der Waals surface area contributed by atoms with Crippen molar-refractivity contribution in [2.45, 2.75) is 19.4 Å². The second-order valence-corrected chi connectivity index (χ2v) is 6.14. The zero-order valence-electron chi connectivity index (χ0n) is 12.5. The van der Waals surface area contributed by atoms with Gasteiger partial charge in [-0.05, 0) is 32.0 Å². The molecule has 0 aliphatic heterocycles. The number of fused-ring (bicyclic) bond motifs is 1. The number of aliphatic hydroxyl groups is 1. The molecule has 3 rings (SSSR count). The van der Waals surface area contributed by atoms with Crippen LogP contribution in [0.1, 0.15) is 19.4 Å². The van der Waals surface area contributed by atoms with Crippen molar-refractivity contribution in [1.29, 1.82) is 0 Å². The van der Waals surface area contributed by atoms with Crippen LogP contribution in [-0.2, 0) is 5.60 Å². The lowest BCUT2D eigenvalue weighted by Gasteiger charge is -2.18. The van der Waals surface area contributed by atoms with Gasteiger partial charge in [0.1, 0.15) is 11.3 Å². The summed E-state index contributed by atoms with van der Waals surface area (Å²) in [4.78, 5) is 11.9. The van der Waals surface area contributed by atoms with Crippen LogP contribution in [0.3, 0.4) is 0 Å². The minimum absolute atomic E-state index is 0.0493. The minimum Gasteiger partial charge on any atom is -0.386 e. The summed E-state index contributed by atoms with van der Waals surface area (Å²) in [7, 11) is 0. The monoisotopic (exact) mass is 332 g/mol. The molecule has 0 spiro atoms. The van der Waals surface area contributed by atoms with Crippen molar-refractivity contribution in [3.8, 4) is 11.3 Å². The average Bonchev–Trinajstić information content (AvgIpc) is 2.48. The lowest BCUT2D eigenvalue weighted by molar-refractivity contribution is 0.0784. The predicted octanol–water partition coefficient (Wildman–Crippen LogP) is 3.29. The van der Waals surface area contributed by atoms with E-state index in [0.29, 0.717) is 22.2 Å². The number of hydrogen-bond acceptors (Lipinski definition) is 5. The summed E-state index contributed by atoms with van der Waals surface area (Å²) in [5.41, 5.74) is 6.09. The van der Waals surface area contributed by atoms with Crippen molar-refractivity contribution >= 4 is 28.5 Å². The maximum atomic E-state index is 14.4. The fourth-order valence-corrected chi connectivity index (χ4v) is 2.46. The second-order valence-electron chi connectivity index (χ2n) is 5.74. The fraction of sp³-hybridized carbons (Fsp3) is 0.188. The number of hydrogen-bond donors (Lipinski definition) is 2. The fourth-order valence-electron chi connectivity index (χ4n) is 2.26. The Bertz CT molecular complexity index is 908. The third-order valence-corrected chi connectivity index (χ3v) is 3.76. The van der Waals surface area contributed by atoms with Gasteiger partial charge in [-0.1, -0.05) is 11.6 Å². The molecular weight excluding hydrogens is 319 g/mol. The summed E-state index contributed by atoms with van der Waals surface area (Å²) in [6, 6.07) is 4.69. The molecule has 3 aromatic rings. The first-order valence-corrected chi connectivity index (χ1v) is 7.24. The van der Waals surface area contributed by atoms with E-state index < -0.39 is 11.4 Å². The predicted molar refractivity (Wildman–Crippen MR) is 87.4 cm³/mol. The molecule has 0 saturated heterocycles. The maximum absolute atomic E-state index is 14.4. The van der Waals surface area contributed by atoms with Gasteiger partial charge >= 0.3 is 0 Å². The van der Waals surface area contributed by atoms with Gasteiger partial charge in [0, 0.05) is 22.7 Å². The van der Waals surface area contributed by atoms with Crippen LogP contribution in [0.2, 0.25) is 5.02 Å². The molecule has 0 saturated carbocycles. The number of pyridine rings is 1. The highest BCUT2D eigenvalue weighted by Crippen LogP contribution is 2.31. The van der Waals surface area contributed by atoms with Gasteiger partial charge in [0.15, 0.2) is 0 Å². The third-order valence-electron chi connectivity index (χ3n) is 3.48. The number of anilines is 1. The zero-order chi connectivity index (χ0) is 16.8. The lowest BCUT2D eigenvalue weighted by atomic mass is 9.98. The second kappa shape index (κ2) is 5.40. The Morgan fingerprint density at radius 1 is 1.17 bits per heavy atom. The van der Waals surface area contributed by atoms with Crippen LogP contribution in [-0.4, -0.2) is 20.1 Å². The van der Waals surface area contributed by atoms with Crippen molar-refractivity contribution < 1.29 is 9.50 Å². The van der Waals surface area contributed by atoms with Gasteiger partial charge in [0.25, 0.3) is 0 Å². The largest absolute Gasteiger partial charge is 0.386 e. The smallest absolute Gasteiger partial charge is 0.220 e. The van der Waals surface area contributed by atoms with Crippen LogP contribution in [0, 0.1) is 5.82 Å². The Morgan fingerprint density at radius 3 is 2.61 bits per heavy atom. The summed E-state index contributed by atoms with van der Waals surface area (Å²) in [6.45, 7) is 3.27. The number of aromatic nitrogens is 3. The highest BCUT2D eigenvalue weighted by atomic mass is 35.5. The number of nitrogens with zero attached hydrogens (tertiary/aromatic N) is 3. The molecule has 23 heavy (non-hydrogen) atoms. The van der Waals surface area contributed by atoms with Gasteiger partial charge in [-0.2, -0.15) is 0 Å². The quantitative estimate of drug-likeness (QED) is 0.752. The van der Waals surface area contributed by atoms with Gasteiger partial charge in [0.05, 0.1) is 22.5 Å². The summed E-state index contributed by atoms with van der Waals surface area (Å²) < 4.78 is 14.4. The molecular formula is C16H14ClFN4O. The van der Waals surface area contributed by atoms with Crippen molar-refractivity contribution in [3.05, 3.63) is 47.0 Å². The average molecular weight is 333 g/mol. The Kier molecular flexibility index (Phi) is 3.66. The van der Waals surface area contributed by atoms with E-state index in [-0.39, 0.29) is 16.5 Å². The van der Waals surface area contributed by atoms with Crippen LogP contribution in [0.25, 0.3) is 22.2 Å². The SMILES string of the molecule is CC(C)(O)c1cnc2c(F)cc(-c3nc(N)ncc3Cl)cc2c1. The molecule has 3 N–H and O–H groups in total. The van der Waals surface area contributed by atoms with Crippen LogP contribution >= 0.6 is 11.6 Å². The lowest BCUT2D eigenvalue weighted by Crippen LogP contribution is -2.15. The molecule has 0 aliphatic rings. The zero-order valence-corrected chi connectivity index (χ0v) is 13.3. The van der Waals surface area contributed by atoms with E-state index in [1.165, 1.54) is 18.5 Å². The standard InChI is InChI=1S/C16H14ClFN4O/c1-16(2,23)10-4-8-3-9(5-12(18)14(8)20-6-10)13-11(17)7-21-15(19)22-13/h3-7,23H,1-2H3,(H2,19,21,22). The summed E-state index contributed by atoms with van der Waals surface area (Å²) >= 11 is 6.08. The number of nitrogen functional groups attached to an aromatic ring is 1. The van der Waals surface area contributed by atoms with E-state index in [2.05, 4.69) is 15.0 Å². The van der Waals surface area contributed by atoms with Gasteiger partial charge in [-0.3, -0.25) is 4.98 Å². The van der Waals surface area contributed by atoms with Gasteiger partial charge < -0.3 is 10.8 Å². The first kappa shape index (κ1) is 15.6. The first-order valence-electron chi connectivity index (χ1n) is 6.86. The van der Waals surface area contributed by atoms with Gasteiger partial charge in [-0.15, -0.1) is 0 Å². The third kappa shape index (κ3) is 2.95. The summed E-state index contributed by atoms with van der Waals surface area (Å²) in [5.74, 6) is -0.457. The molecule has 7 heteroatoms. The highest BCUT2D eigenvalue weighted by Gasteiger charge is 2.18. The van der Waals surface area contributed by atoms with E-state index in [0.717, 1.165) is 0 Å². The normalized spacial score (nSPS) is 11.9. The molecule has 0 bridgehead atoms.